The molecule has 0 spiro atoms. The predicted octanol–water partition coefficient (Wildman–Crippen LogP) is 5.16. The number of pyridine rings is 1. The van der Waals surface area contributed by atoms with E-state index in [9.17, 15) is 4.79 Å². The van der Waals surface area contributed by atoms with Crippen LogP contribution in [0.2, 0.25) is 15.1 Å². The van der Waals surface area contributed by atoms with Gasteiger partial charge in [-0.15, -0.1) is 0 Å². The summed E-state index contributed by atoms with van der Waals surface area (Å²) in [6.45, 7) is 0. The molecule has 0 saturated carbocycles. The van der Waals surface area contributed by atoms with Gasteiger partial charge in [0.25, 0.3) is 5.56 Å². The molecule has 20 heavy (non-hydrogen) atoms. The number of halogens is 3. The van der Waals surface area contributed by atoms with E-state index in [4.69, 9.17) is 34.8 Å². The summed E-state index contributed by atoms with van der Waals surface area (Å²) in [6.07, 6.45) is 0. The van der Waals surface area contributed by atoms with Crippen molar-refractivity contribution in [3.05, 3.63) is 67.9 Å². The molecule has 0 bridgehead atoms. The molecule has 0 amide bonds. The fourth-order valence-electron chi connectivity index (χ4n) is 2.10. The number of H-pyrrole nitrogens is 1. The predicted molar refractivity (Wildman–Crippen MR) is 85.0 cm³/mol. The second kappa shape index (κ2) is 5.13. The first-order valence-corrected chi connectivity index (χ1v) is 6.96. The minimum Gasteiger partial charge on any atom is -0.321 e. The maximum Gasteiger partial charge on any atom is 0.256 e. The number of aromatic nitrogens is 1. The third-order valence-corrected chi connectivity index (χ3v) is 3.93. The van der Waals surface area contributed by atoms with Crippen LogP contribution in [0.15, 0.2) is 47.3 Å². The second-order valence-electron chi connectivity index (χ2n) is 4.34. The molecule has 1 aromatic heterocycles. The Morgan fingerprint density at radius 2 is 1.65 bits per heavy atom. The van der Waals surface area contributed by atoms with Crippen molar-refractivity contribution < 1.29 is 0 Å². The Morgan fingerprint density at radius 1 is 0.850 bits per heavy atom. The number of nitrogens with one attached hydrogen (secondary N) is 1. The Kier molecular flexibility index (Phi) is 3.47. The molecular weight excluding hydrogens is 317 g/mol. The molecule has 0 aliphatic carbocycles. The summed E-state index contributed by atoms with van der Waals surface area (Å²) in [5.74, 6) is 0. The molecule has 0 atom stereocenters. The molecule has 100 valence electrons. The summed E-state index contributed by atoms with van der Waals surface area (Å²) < 4.78 is 0. The maximum absolute atomic E-state index is 12.2. The summed E-state index contributed by atoms with van der Waals surface area (Å²) in [5, 5.41) is 2.29. The van der Waals surface area contributed by atoms with E-state index in [0.717, 1.165) is 5.39 Å². The van der Waals surface area contributed by atoms with Crippen molar-refractivity contribution in [3.63, 3.8) is 0 Å². The number of hydrogen-bond donors (Lipinski definition) is 1. The van der Waals surface area contributed by atoms with E-state index in [1.807, 2.05) is 0 Å². The summed E-state index contributed by atoms with van der Waals surface area (Å²) >= 11 is 18.2. The Balaban J connectivity index is 2.33. The molecule has 0 unspecified atom stereocenters. The van der Waals surface area contributed by atoms with Gasteiger partial charge in [-0.25, -0.2) is 0 Å². The van der Waals surface area contributed by atoms with Crippen LogP contribution in [0, 0.1) is 0 Å². The Bertz CT molecular complexity index is 871. The molecule has 1 heterocycles. The van der Waals surface area contributed by atoms with E-state index < -0.39 is 0 Å². The average molecular weight is 325 g/mol. The van der Waals surface area contributed by atoms with Crippen molar-refractivity contribution in [2.24, 2.45) is 0 Å². The summed E-state index contributed by atoms with van der Waals surface area (Å²) in [5.41, 5.74) is 1.56. The van der Waals surface area contributed by atoms with Crippen LogP contribution in [0.1, 0.15) is 0 Å². The van der Waals surface area contributed by atoms with Gasteiger partial charge >= 0.3 is 0 Å². The van der Waals surface area contributed by atoms with Crippen LogP contribution in [0.25, 0.3) is 22.0 Å². The van der Waals surface area contributed by atoms with E-state index in [2.05, 4.69) is 4.98 Å². The number of aromatic amines is 1. The minimum atomic E-state index is -0.219. The van der Waals surface area contributed by atoms with Crippen LogP contribution >= 0.6 is 34.8 Å². The smallest absolute Gasteiger partial charge is 0.256 e. The lowest BCUT2D eigenvalue weighted by molar-refractivity contribution is 1.31. The van der Waals surface area contributed by atoms with Crippen LogP contribution in [0.5, 0.6) is 0 Å². The van der Waals surface area contributed by atoms with E-state index in [1.165, 1.54) is 0 Å². The molecule has 0 radical (unpaired) electrons. The Labute approximate surface area is 129 Å². The van der Waals surface area contributed by atoms with Gasteiger partial charge in [0.05, 0.1) is 5.02 Å². The van der Waals surface area contributed by atoms with Crippen LogP contribution in [-0.4, -0.2) is 4.98 Å². The molecule has 2 nitrogen and oxygen atoms in total. The number of fused-ring (bicyclic) bond motifs is 1. The molecule has 0 fully saturated rings. The van der Waals surface area contributed by atoms with Crippen molar-refractivity contribution in [2.45, 2.75) is 0 Å². The Morgan fingerprint density at radius 3 is 2.40 bits per heavy atom. The summed E-state index contributed by atoms with van der Waals surface area (Å²) in [6, 6.07) is 12.1. The first-order valence-electron chi connectivity index (χ1n) is 5.83. The van der Waals surface area contributed by atoms with Crippen LogP contribution < -0.4 is 5.56 Å². The molecule has 0 aliphatic rings. The molecule has 0 saturated heterocycles. The van der Waals surface area contributed by atoms with Gasteiger partial charge in [0.2, 0.25) is 0 Å². The zero-order valence-corrected chi connectivity index (χ0v) is 12.4. The maximum atomic E-state index is 12.2. The van der Waals surface area contributed by atoms with Crippen molar-refractivity contribution in [1.82, 2.24) is 4.98 Å². The largest absolute Gasteiger partial charge is 0.321 e. The highest BCUT2D eigenvalue weighted by atomic mass is 35.5. The third kappa shape index (κ3) is 2.31. The average Bonchev–Trinajstić information content (AvgIpc) is 2.39. The zero-order chi connectivity index (χ0) is 14.3. The number of benzene rings is 2. The van der Waals surface area contributed by atoms with E-state index >= 15 is 0 Å². The first kappa shape index (κ1) is 13.5. The normalized spacial score (nSPS) is 10.9. The van der Waals surface area contributed by atoms with E-state index in [-0.39, 0.29) is 5.56 Å². The van der Waals surface area contributed by atoms with Crippen LogP contribution in [0.4, 0.5) is 0 Å². The van der Waals surface area contributed by atoms with Crippen molar-refractivity contribution in [3.8, 4) is 11.1 Å². The highest BCUT2D eigenvalue weighted by Gasteiger charge is 2.11. The highest BCUT2D eigenvalue weighted by Crippen LogP contribution is 2.31. The van der Waals surface area contributed by atoms with Crippen LogP contribution in [0.3, 0.4) is 0 Å². The lowest BCUT2D eigenvalue weighted by Gasteiger charge is -2.07. The molecular formula is C15H8Cl3NO. The van der Waals surface area contributed by atoms with Crippen molar-refractivity contribution >= 4 is 45.7 Å². The second-order valence-corrected chi connectivity index (χ2v) is 5.59. The topological polar surface area (TPSA) is 32.9 Å². The molecule has 3 rings (SSSR count). The number of hydrogen-bond acceptors (Lipinski definition) is 1. The van der Waals surface area contributed by atoms with Gasteiger partial charge < -0.3 is 4.98 Å². The zero-order valence-electron chi connectivity index (χ0n) is 10.1. The molecule has 3 aromatic rings. The standard InChI is InChI=1S/C15H8Cl3NO/c16-8-4-5-9(13(18)6-8)10-7-11-12(17)2-1-3-14(11)19-15(10)20/h1-7H,(H,19,20). The van der Waals surface area contributed by atoms with Gasteiger partial charge in [-0.3, -0.25) is 4.79 Å². The van der Waals surface area contributed by atoms with E-state index in [1.54, 1.807) is 42.5 Å². The van der Waals surface area contributed by atoms with E-state index in [0.29, 0.717) is 31.7 Å². The highest BCUT2D eigenvalue weighted by molar-refractivity contribution is 6.37. The fourth-order valence-corrected chi connectivity index (χ4v) is 2.84. The van der Waals surface area contributed by atoms with Gasteiger partial charge in [0, 0.05) is 32.1 Å². The van der Waals surface area contributed by atoms with Gasteiger partial charge in [0.1, 0.15) is 0 Å². The summed E-state index contributed by atoms with van der Waals surface area (Å²) in [7, 11) is 0. The molecule has 0 aliphatic heterocycles. The lowest BCUT2D eigenvalue weighted by Crippen LogP contribution is -2.09. The molecule has 1 N–H and O–H groups in total. The van der Waals surface area contributed by atoms with Crippen LogP contribution in [-0.2, 0) is 0 Å². The van der Waals surface area contributed by atoms with Gasteiger partial charge in [-0.2, -0.15) is 0 Å². The molecule has 2 aromatic carbocycles. The minimum absolute atomic E-state index is 0.219. The van der Waals surface area contributed by atoms with Gasteiger partial charge in [-0.05, 0) is 30.3 Å². The summed E-state index contributed by atoms with van der Waals surface area (Å²) in [4.78, 5) is 15.0. The van der Waals surface area contributed by atoms with Crippen molar-refractivity contribution in [1.29, 1.82) is 0 Å². The lowest BCUT2D eigenvalue weighted by atomic mass is 10.1. The quantitative estimate of drug-likeness (QED) is 0.659. The monoisotopic (exact) mass is 323 g/mol. The SMILES string of the molecule is O=c1[nH]c2cccc(Cl)c2cc1-c1ccc(Cl)cc1Cl. The fraction of sp³-hybridized carbons (Fsp3) is 0. The Hall–Kier alpha value is -1.48. The number of rotatable bonds is 1. The van der Waals surface area contributed by atoms with Gasteiger partial charge in [0.15, 0.2) is 0 Å². The van der Waals surface area contributed by atoms with Gasteiger partial charge in [-0.1, -0.05) is 46.9 Å². The third-order valence-electron chi connectivity index (χ3n) is 3.06. The van der Waals surface area contributed by atoms with Crippen molar-refractivity contribution in [2.75, 3.05) is 0 Å². The first-order chi connectivity index (χ1) is 9.56. The molecule has 5 heteroatoms.